The first kappa shape index (κ1) is 14.5. The summed E-state index contributed by atoms with van der Waals surface area (Å²) < 4.78 is 2.02. The van der Waals surface area contributed by atoms with Crippen LogP contribution in [0.1, 0.15) is 6.92 Å². The molecule has 21 heavy (non-hydrogen) atoms. The van der Waals surface area contributed by atoms with Crippen molar-refractivity contribution in [2.75, 3.05) is 5.73 Å². The highest BCUT2D eigenvalue weighted by molar-refractivity contribution is 6.37. The molecule has 0 aliphatic heterocycles. The maximum Gasteiger partial charge on any atom is 0.144 e. The van der Waals surface area contributed by atoms with Crippen LogP contribution in [0, 0.1) is 0 Å². The molecule has 0 aliphatic carbocycles. The van der Waals surface area contributed by atoms with Crippen LogP contribution < -0.4 is 5.73 Å². The summed E-state index contributed by atoms with van der Waals surface area (Å²) in [6.07, 6.45) is 0. The minimum atomic E-state index is 0.431. The average Bonchev–Trinajstić information content (AvgIpc) is 2.80. The van der Waals surface area contributed by atoms with Gasteiger partial charge in [0.15, 0.2) is 0 Å². The Morgan fingerprint density at radius 1 is 1.10 bits per heavy atom. The fourth-order valence-electron chi connectivity index (χ4n) is 2.40. The van der Waals surface area contributed by atoms with Gasteiger partial charge in [0.2, 0.25) is 0 Å². The number of fused-ring (bicyclic) bond motifs is 1. The molecular formula is C15H12Cl3N3. The summed E-state index contributed by atoms with van der Waals surface area (Å²) in [4.78, 5) is 4.64. The van der Waals surface area contributed by atoms with Gasteiger partial charge in [0, 0.05) is 11.6 Å². The predicted octanol–water partition coefficient (Wildman–Crippen LogP) is 5.27. The summed E-state index contributed by atoms with van der Waals surface area (Å²) in [6, 6.07) is 8.97. The van der Waals surface area contributed by atoms with Crippen molar-refractivity contribution in [3.05, 3.63) is 45.4 Å². The Morgan fingerprint density at radius 3 is 2.52 bits per heavy atom. The maximum absolute atomic E-state index is 6.31. The van der Waals surface area contributed by atoms with E-state index in [1.165, 1.54) is 0 Å². The van der Waals surface area contributed by atoms with Crippen LogP contribution in [0.4, 0.5) is 5.69 Å². The third-order valence-electron chi connectivity index (χ3n) is 3.39. The van der Waals surface area contributed by atoms with E-state index in [1.807, 2.05) is 29.7 Å². The number of halogens is 3. The highest BCUT2D eigenvalue weighted by Gasteiger charge is 2.18. The number of anilines is 1. The fourth-order valence-corrected chi connectivity index (χ4v) is 2.97. The first-order valence-corrected chi connectivity index (χ1v) is 7.56. The van der Waals surface area contributed by atoms with Crippen LogP contribution in [0.25, 0.3) is 22.4 Å². The topological polar surface area (TPSA) is 43.8 Å². The monoisotopic (exact) mass is 339 g/mol. The molecule has 6 heteroatoms. The molecule has 0 spiro atoms. The van der Waals surface area contributed by atoms with Crippen molar-refractivity contribution in [1.29, 1.82) is 0 Å². The van der Waals surface area contributed by atoms with Gasteiger partial charge in [-0.1, -0.05) is 34.8 Å². The van der Waals surface area contributed by atoms with Crippen molar-refractivity contribution >= 4 is 51.5 Å². The van der Waals surface area contributed by atoms with E-state index >= 15 is 0 Å². The van der Waals surface area contributed by atoms with Crippen molar-refractivity contribution in [2.24, 2.45) is 0 Å². The number of nitrogens with zero attached hydrogens (tertiary/aromatic N) is 2. The lowest BCUT2D eigenvalue weighted by atomic mass is 10.1. The Bertz CT molecular complexity index is 840. The summed E-state index contributed by atoms with van der Waals surface area (Å²) in [5, 5.41) is 1.64. The molecule has 0 amide bonds. The van der Waals surface area contributed by atoms with Crippen molar-refractivity contribution in [3.63, 3.8) is 0 Å². The summed E-state index contributed by atoms with van der Waals surface area (Å²) in [6.45, 7) is 2.74. The number of rotatable bonds is 2. The highest BCUT2D eigenvalue weighted by atomic mass is 35.5. The molecular weight excluding hydrogens is 329 g/mol. The number of nitrogen functional groups attached to an aromatic ring is 1. The lowest BCUT2D eigenvalue weighted by Crippen LogP contribution is -2.01. The Morgan fingerprint density at radius 2 is 1.81 bits per heavy atom. The summed E-state index contributed by atoms with van der Waals surface area (Å²) in [5.41, 5.74) is 8.96. The van der Waals surface area contributed by atoms with Gasteiger partial charge >= 0.3 is 0 Å². The number of aromatic nitrogens is 2. The zero-order chi connectivity index (χ0) is 15.1. The van der Waals surface area contributed by atoms with E-state index in [2.05, 4.69) is 4.98 Å². The Labute approximate surface area is 137 Å². The summed E-state index contributed by atoms with van der Waals surface area (Å²) in [7, 11) is 0. The second-order valence-electron chi connectivity index (χ2n) is 4.63. The van der Waals surface area contributed by atoms with Crippen LogP contribution >= 0.6 is 34.8 Å². The lowest BCUT2D eigenvalue weighted by molar-refractivity contribution is 0.797. The molecule has 0 unspecified atom stereocenters. The number of hydrogen-bond donors (Lipinski definition) is 1. The first-order chi connectivity index (χ1) is 10.0. The van der Waals surface area contributed by atoms with Gasteiger partial charge in [0.05, 0.1) is 32.3 Å². The van der Waals surface area contributed by atoms with Gasteiger partial charge in [-0.05, 0) is 37.3 Å². The number of imidazole rings is 1. The van der Waals surface area contributed by atoms with E-state index < -0.39 is 0 Å². The van der Waals surface area contributed by atoms with Crippen LogP contribution in [0.5, 0.6) is 0 Å². The van der Waals surface area contributed by atoms with E-state index in [4.69, 9.17) is 40.5 Å². The van der Waals surface area contributed by atoms with Crippen molar-refractivity contribution in [3.8, 4) is 11.4 Å². The van der Waals surface area contributed by atoms with Crippen LogP contribution in [0.2, 0.25) is 15.1 Å². The molecule has 0 fully saturated rings. The van der Waals surface area contributed by atoms with Gasteiger partial charge in [-0.3, -0.25) is 0 Å². The summed E-state index contributed by atoms with van der Waals surface area (Å²) in [5.74, 6) is 0.694. The largest absolute Gasteiger partial charge is 0.397 e. The second-order valence-corrected chi connectivity index (χ2v) is 5.88. The van der Waals surface area contributed by atoms with Crippen LogP contribution in [0.15, 0.2) is 30.3 Å². The molecule has 1 heterocycles. The van der Waals surface area contributed by atoms with Gasteiger partial charge in [-0.25, -0.2) is 4.98 Å². The number of benzene rings is 2. The quantitative estimate of drug-likeness (QED) is 0.646. The molecule has 0 bridgehead atoms. The van der Waals surface area contributed by atoms with E-state index in [1.54, 1.807) is 12.1 Å². The smallest absolute Gasteiger partial charge is 0.144 e. The van der Waals surface area contributed by atoms with Gasteiger partial charge < -0.3 is 10.3 Å². The van der Waals surface area contributed by atoms with Crippen molar-refractivity contribution in [2.45, 2.75) is 13.5 Å². The number of aryl methyl sites for hydroxylation is 1. The van der Waals surface area contributed by atoms with Crippen LogP contribution in [0.3, 0.4) is 0 Å². The number of hydrogen-bond acceptors (Lipinski definition) is 2. The highest BCUT2D eigenvalue weighted by Crippen LogP contribution is 2.38. The molecule has 0 saturated carbocycles. The summed E-state index contributed by atoms with van der Waals surface area (Å²) >= 11 is 18.5. The molecule has 1 aromatic heterocycles. The zero-order valence-corrected chi connectivity index (χ0v) is 13.5. The Balaban J connectivity index is 2.38. The van der Waals surface area contributed by atoms with E-state index in [0.717, 1.165) is 11.0 Å². The Hall–Kier alpha value is -1.42. The molecule has 3 rings (SSSR count). The maximum atomic E-state index is 6.31. The normalized spacial score (nSPS) is 11.2. The molecule has 0 radical (unpaired) electrons. The van der Waals surface area contributed by atoms with Gasteiger partial charge in [0.25, 0.3) is 0 Å². The molecule has 3 aromatic rings. The van der Waals surface area contributed by atoms with Gasteiger partial charge in [-0.15, -0.1) is 0 Å². The Kier molecular flexibility index (Phi) is 3.74. The lowest BCUT2D eigenvalue weighted by Gasteiger charge is -2.11. The minimum absolute atomic E-state index is 0.431. The zero-order valence-electron chi connectivity index (χ0n) is 11.2. The standard InChI is InChI=1S/C15H12Cl3N3/c1-2-21-12-7-8(16)3-6-11(12)20-15(21)13-9(17)4-5-10(18)14(13)19/h3-7H,2,19H2,1H3. The van der Waals surface area contributed by atoms with Gasteiger partial charge in [0.1, 0.15) is 5.82 Å². The molecule has 0 atom stereocenters. The molecule has 2 aromatic carbocycles. The van der Waals surface area contributed by atoms with Crippen LogP contribution in [-0.2, 0) is 6.54 Å². The fraction of sp³-hybridized carbons (Fsp3) is 0.133. The number of nitrogens with two attached hydrogens (primary N) is 1. The van der Waals surface area contributed by atoms with Crippen LogP contribution in [-0.4, -0.2) is 9.55 Å². The molecule has 2 N–H and O–H groups in total. The SMILES string of the molecule is CCn1c(-c2c(Cl)ccc(Cl)c2N)nc2ccc(Cl)cc21. The van der Waals surface area contributed by atoms with Crippen molar-refractivity contribution in [1.82, 2.24) is 9.55 Å². The van der Waals surface area contributed by atoms with E-state index in [9.17, 15) is 0 Å². The van der Waals surface area contributed by atoms with Gasteiger partial charge in [-0.2, -0.15) is 0 Å². The molecule has 0 aliphatic rings. The third-order valence-corrected chi connectivity index (χ3v) is 4.27. The first-order valence-electron chi connectivity index (χ1n) is 6.42. The van der Waals surface area contributed by atoms with E-state index in [-0.39, 0.29) is 0 Å². The predicted molar refractivity (Wildman–Crippen MR) is 90.3 cm³/mol. The molecule has 108 valence electrons. The third kappa shape index (κ3) is 2.35. The van der Waals surface area contributed by atoms with Crippen molar-refractivity contribution < 1.29 is 0 Å². The average molecular weight is 341 g/mol. The van der Waals surface area contributed by atoms with E-state index in [0.29, 0.717) is 38.7 Å². The minimum Gasteiger partial charge on any atom is -0.397 e. The molecule has 0 saturated heterocycles. The second kappa shape index (κ2) is 5.41. The molecule has 3 nitrogen and oxygen atoms in total.